The molecule has 1 aliphatic heterocycles. The van der Waals surface area contributed by atoms with Crippen LogP contribution in [0, 0.1) is 0 Å². The smallest absolute Gasteiger partial charge is 0.273 e. The number of aromatic nitrogens is 2. The number of sulfonamides is 1. The molecule has 38 heavy (non-hydrogen) atoms. The second kappa shape index (κ2) is 11.9. The summed E-state index contributed by atoms with van der Waals surface area (Å²) in [7, 11) is -1.63. The standard InChI is InChI=1S/C27H31N5O3S3/c1-3-35-13-12-32(38(33,34)25-10-6-14-36-25)24-9-4-8-21-15-23(30-26(21)24)27-29-17-22(37-27)19-31(2)18-20-7-5-11-28-16-20/h4-11,14,16-17,23,30H,3,12-13,15,18-19H2,1-2H3. The summed E-state index contributed by atoms with van der Waals surface area (Å²) in [5.74, 6) is 0. The largest absolute Gasteiger partial charge is 0.380 e. The number of thiazole rings is 1. The summed E-state index contributed by atoms with van der Waals surface area (Å²) in [6.07, 6.45) is 6.37. The minimum Gasteiger partial charge on any atom is -0.380 e. The van der Waals surface area contributed by atoms with E-state index in [9.17, 15) is 8.42 Å². The highest BCUT2D eigenvalue weighted by Gasteiger charge is 2.33. The molecular formula is C27H31N5O3S3. The Labute approximate surface area is 232 Å². The van der Waals surface area contributed by atoms with Gasteiger partial charge >= 0.3 is 0 Å². The number of anilines is 2. The van der Waals surface area contributed by atoms with Crippen LogP contribution in [0.1, 0.15) is 34.0 Å². The number of fused-ring (bicyclic) bond motifs is 1. The van der Waals surface area contributed by atoms with Crippen molar-refractivity contribution in [2.45, 2.75) is 36.7 Å². The molecule has 0 saturated heterocycles. The molecule has 11 heteroatoms. The van der Waals surface area contributed by atoms with Gasteiger partial charge in [0.05, 0.1) is 30.6 Å². The molecule has 0 fully saturated rings. The molecule has 1 aliphatic rings. The van der Waals surface area contributed by atoms with Crippen LogP contribution in [-0.2, 0) is 34.3 Å². The molecule has 0 bridgehead atoms. The van der Waals surface area contributed by atoms with Gasteiger partial charge < -0.3 is 10.1 Å². The van der Waals surface area contributed by atoms with E-state index in [0.717, 1.165) is 35.8 Å². The Morgan fingerprint density at radius 3 is 2.79 bits per heavy atom. The Hall–Kier alpha value is -2.83. The van der Waals surface area contributed by atoms with Gasteiger partial charge in [0.25, 0.3) is 10.0 Å². The monoisotopic (exact) mass is 569 g/mol. The highest BCUT2D eigenvalue weighted by atomic mass is 32.2. The van der Waals surface area contributed by atoms with Crippen LogP contribution in [0.3, 0.4) is 0 Å². The fraction of sp³-hybridized carbons (Fsp3) is 0.333. The van der Waals surface area contributed by atoms with Crippen LogP contribution in [0.2, 0.25) is 0 Å². The highest BCUT2D eigenvalue weighted by molar-refractivity contribution is 7.94. The third kappa shape index (κ3) is 5.92. The lowest BCUT2D eigenvalue weighted by atomic mass is 10.1. The van der Waals surface area contributed by atoms with Crippen LogP contribution >= 0.6 is 22.7 Å². The molecule has 1 unspecified atom stereocenters. The Balaban J connectivity index is 1.34. The quantitative estimate of drug-likeness (QED) is 0.236. The van der Waals surface area contributed by atoms with Crippen molar-refractivity contribution < 1.29 is 13.2 Å². The van der Waals surface area contributed by atoms with Crippen LogP contribution in [0.25, 0.3) is 0 Å². The molecule has 0 amide bonds. The first-order valence-corrected chi connectivity index (χ1v) is 15.6. The number of benzene rings is 1. The zero-order chi connectivity index (χ0) is 26.5. The first-order valence-electron chi connectivity index (χ1n) is 12.5. The van der Waals surface area contributed by atoms with E-state index in [0.29, 0.717) is 23.1 Å². The number of nitrogens with one attached hydrogen (secondary N) is 1. The highest BCUT2D eigenvalue weighted by Crippen LogP contribution is 2.43. The number of pyridine rings is 1. The van der Waals surface area contributed by atoms with E-state index in [1.54, 1.807) is 35.0 Å². The predicted molar refractivity (Wildman–Crippen MR) is 153 cm³/mol. The fourth-order valence-electron chi connectivity index (χ4n) is 4.59. The van der Waals surface area contributed by atoms with Gasteiger partial charge in [0.15, 0.2) is 0 Å². The molecule has 4 aromatic rings. The second-order valence-corrected chi connectivity index (χ2v) is 13.3. The Morgan fingerprint density at radius 1 is 1.13 bits per heavy atom. The van der Waals surface area contributed by atoms with Gasteiger partial charge in [0.1, 0.15) is 9.22 Å². The summed E-state index contributed by atoms with van der Waals surface area (Å²) in [5.41, 5.74) is 3.75. The van der Waals surface area contributed by atoms with Crippen molar-refractivity contribution in [3.05, 3.63) is 87.4 Å². The molecule has 0 radical (unpaired) electrons. The minimum atomic E-state index is -3.72. The van der Waals surface area contributed by atoms with Crippen molar-refractivity contribution in [1.29, 1.82) is 0 Å². The lowest BCUT2D eigenvalue weighted by molar-refractivity contribution is 0.156. The van der Waals surface area contributed by atoms with Crippen LogP contribution in [0.4, 0.5) is 11.4 Å². The van der Waals surface area contributed by atoms with Crippen molar-refractivity contribution in [2.24, 2.45) is 0 Å². The summed E-state index contributed by atoms with van der Waals surface area (Å²) in [6.45, 7) is 4.60. The van der Waals surface area contributed by atoms with Gasteiger partial charge in [-0.3, -0.25) is 14.2 Å². The summed E-state index contributed by atoms with van der Waals surface area (Å²) < 4.78 is 34.6. The van der Waals surface area contributed by atoms with Crippen LogP contribution in [0.5, 0.6) is 0 Å². The van der Waals surface area contributed by atoms with Crippen LogP contribution in [-0.4, -0.2) is 50.1 Å². The summed E-state index contributed by atoms with van der Waals surface area (Å²) in [5, 5.41) is 6.38. The second-order valence-electron chi connectivity index (χ2n) is 9.12. The van der Waals surface area contributed by atoms with Crippen molar-refractivity contribution >= 4 is 44.1 Å². The van der Waals surface area contributed by atoms with Gasteiger partial charge in [-0.15, -0.1) is 22.7 Å². The maximum Gasteiger partial charge on any atom is 0.273 e. The Kier molecular flexibility index (Phi) is 8.39. The van der Waals surface area contributed by atoms with Crippen molar-refractivity contribution in [3.63, 3.8) is 0 Å². The van der Waals surface area contributed by atoms with Crippen LogP contribution in [0.15, 0.2) is 70.6 Å². The maximum atomic E-state index is 13.6. The lowest BCUT2D eigenvalue weighted by Crippen LogP contribution is -2.34. The van der Waals surface area contributed by atoms with E-state index in [4.69, 9.17) is 9.72 Å². The van der Waals surface area contributed by atoms with Gasteiger partial charge in [0.2, 0.25) is 0 Å². The van der Waals surface area contributed by atoms with E-state index in [1.807, 2.05) is 37.5 Å². The zero-order valence-electron chi connectivity index (χ0n) is 21.4. The molecule has 1 atom stereocenters. The van der Waals surface area contributed by atoms with Crippen molar-refractivity contribution in [2.75, 3.05) is 36.4 Å². The third-order valence-corrected chi connectivity index (χ3v) is 10.6. The molecule has 0 saturated carbocycles. The molecule has 0 aliphatic carbocycles. The number of nitrogens with zero attached hydrogens (tertiary/aromatic N) is 4. The molecule has 0 spiro atoms. The fourth-order valence-corrected chi connectivity index (χ4v) is 8.20. The SMILES string of the molecule is CCOCCN(c1cccc2c1NC(c1ncc(CN(C)Cc3cccnc3)s1)C2)S(=O)(=O)c1cccs1. The number of para-hydroxylation sites is 1. The topological polar surface area (TPSA) is 87.7 Å². The van der Waals surface area contributed by atoms with Gasteiger partial charge in [0, 0.05) is 49.6 Å². The van der Waals surface area contributed by atoms with E-state index in [1.165, 1.54) is 26.1 Å². The van der Waals surface area contributed by atoms with Gasteiger partial charge in [-0.05, 0) is 48.7 Å². The average molecular weight is 570 g/mol. The number of thiophene rings is 1. The summed E-state index contributed by atoms with van der Waals surface area (Å²) in [6, 6.07) is 13.3. The van der Waals surface area contributed by atoms with E-state index in [-0.39, 0.29) is 12.6 Å². The minimum absolute atomic E-state index is 0.00767. The lowest BCUT2D eigenvalue weighted by Gasteiger charge is -2.26. The molecule has 8 nitrogen and oxygen atoms in total. The molecule has 1 aromatic carbocycles. The number of ether oxygens (including phenoxy) is 1. The molecule has 5 rings (SSSR count). The van der Waals surface area contributed by atoms with E-state index in [2.05, 4.69) is 34.4 Å². The number of rotatable bonds is 12. The molecular weight excluding hydrogens is 539 g/mol. The molecule has 3 aromatic heterocycles. The summed E-state index contributed by atoms with van der Waals surface area (Å²) >= 11 is 2.92. The molecule has 1 N–H and O–H groups in total. The predicted octanol–water partition coefficient (Wildman–Crippen LogP) is 5.17. The van der Waals surface area contributed by atoms with Gasteiger partial charge in [-0.25, -0.2) is 13.4 Å². The Morgan fingerprint density at radius 2 is 2.03 bits per heavy atom. The van der Waals surface area contributed by atoms with Gasteiger partial charge in [-0.1, -0.05) is 24.3 Å². The van der Waals surface area contributed by atoms with E-state index >= 15 is 0 Å². The van der Waals surface area contributed by atoms with Crippen LogP contribution < -0.4 is 9.62 Å². The van der Waals surface area contributed by atoms with Crippen molar-refractivity contribution in [3.8, 4) is 0 Å². The average Bonchev–Trinajstić information content (AvgIpc) is 3.68. The molecule has 4 heterocycles. The normalized spacial score (nSPS) is 15.0. The zero-order valence-corrected chi connectivity index (χ0v) is 23.9. The Bertz CT molecular complexity index is 1440. The van der Waals surface area contributed by atoms with Gasteiger partial charge in [-0.2, -0.15) is 0 Å². The molecule has 200 valence electrons. The first kappa shape index (κ1) is 26.8. The summed E-state index contributed by atoms with van der Waals surface area (Å²) in [4.78, 5) is 12.4. The number of hydrogen-bond acceptors (Lipinski definition) is 9. The first-order chi connectivity index (χ1) is 18.5. The van der Waals surface area contributed by atoms with Crippen molar-refractivity contribution in [1.82, 2.24) is 14.9 Å². The maximum absolute atomic E-state index is 13.6. The number of hydrogen-bond donors (Lipinski definition) is 1. The third-order valence-electron chi connectivity index (χ3n) is 6.29. The van der Waals surface area contributed by atoms with E-state index < -0.39 is 10.0 Å².